The summed E-state index contributed by atoms with van der Waals surface area (Å²) in [5, 5.41) is 0. The zero-order valence-corrected chi connectivity index (χ0v) is 62.7. The average Bonchev–Trinajstić information content (AvgIpc) is 4.58. The maximum absolute atomic E-state index is 5.45. The van der Waals surface area contributed by atoms with Crippen LogP contribution in [0.2, 0.25) is 0 Å². The van der Waals surface area contributed by atoms with Gasteiger partial charge in [0, 0.05) is 52.9 Å². The molecule has 0 spiro atoms. The molecule has 0 aliphatic carbocycles. The first-order valence-corrected chi connectivity index (χ1v) is 27.4. The molecule has 8 nitrogen and oxygen atoms in total. The molecular weight excluding hydrogens is 1370 g/mol. The summed E-state index contributed by atoms with van der Waals surface area (Å²) in [7, 11) is 6.73. The molecule has 4 heterocycles. The average molecular weight is 1460 g/mol. The maximum Gasteiger partial charge on any atom is 3.00 e. The van der Waals surface area contributed by atoms with Crippen LogP contribution in [0.1, 0.15) is 62.5 Å². The quantitative estimate of drug-likeness (QED) is 0.110. The van der Waals surface area contributed by atoms with Crippen molar-refractivity contribution in [2.45, 2.75) is 65.2 Å². The van der Waals surface area contributed by atoms with Gasteiger partial charge in [-0.2, -0.15) is 0 Å². The van der Waals surface area contributed by atoms with Crippen molar-refractivity contribution in [1.29, 1.82) is 0 Å². The number of rotatable bonds is 8. The van der Waals surface area contributed by atoms with E-state index >= 15 is 0 Å². The first kappa shape index (κ1) is 97.0. The van der Waals surface area contributed by atoms with Crippen molar-refractivity contribution in [3.8, 4) is 67.5 Å². The Morgan fingerprint density at radius 2 is 0.443 bits per heavy atom. The van der Waals surface area contributed by atoms with Gasteiger partial charge in [0.15, 0.2) is 0 Å². The maximum atomic E-state index is 5.45. The number of hydrogen-bond acceptors (Lipinski definition) is 8. The molecule has 0 bridgehead atoms. The predicted molar refractivity (Wildman–Crippen MR) is 321 cm³/mol. The SMILES string of the molecule is C1CCOC1.C1CCOC1.C1CCOC1.C1CCOC1.COc1ccccc1-c1[c-]c(-c2ccccc2OC)ccc1.COc1ccccc1-c1[c-]c(-c2ccccc2OC)ccc1.Cc1ccccc1.Cc1ccccc1.[Cl-].[Cl-].[Cl-].[Cl-].[Cl-].[Cl-].[Li+].[Li+].[Y+3].[Y+3]. The van der Waals surface area contributed by atoms with E-state index < -0.39 is 0 Å². The molecule has 4 saturated heterocycles. The predicted octanol–water partition coefficient (Wildman–Crippen LogP) is -7.12. The summed E-state index contributed by atoms with van der Waals surface area (Å²) in [5.41, 5.74) is 10.8. The Bertz CT molecular complexity index is 2470. The number of para-hydroxylation sites is 4. The van der Waals surface area contributed by atoms with Gasteiger partial charge in [-0.25, -0.2) is 0 Å². The van der Waals surface area contributed by atoms with Crippen molar-refractivity contribution in [3.63, 3.8) is 0 Å². The molecule has 4 fully saturated rings. The van der Waals surface area contributed by atoms with Gasteiger partial charge < -0.3 is 112 Å². The van der Waals surface area contributed by atoms with E-state index in [4.69, 9.17) is 37.9 Å². The fraction of sp³-hybridized carbons (Fsp3) is 0.314. The summed E-state index contributed by atoms with van der Waals surface area (Å²) in [5.74, 6) is 3.37. The van der Waals surface area contributed by atoms with Gasteiger partial charge in [0.1, 0.15) is 0 Å². The Morgan fingerprint density at radius 1 is 0.261 bits per heavy atom. The van der Waals surface area contributed by atoms with Gasteiger partial charge in [-0.1, -0.05) is 145 Å². The second-order valence-corrected chi connectivity index (χ2v) is 18.3. The zero-order valence-electron chi connectivity index (χ0n) is 52.5. The van der Waals surface area contributed by atoms with Crippen LogP contribution in [0.15, 0.2) is 194 Å². The summed E-state index contributed by atoms with van der Waals surface area (Å²) in [6, 6.07) is 71.5. The number of ether oxygens (including phenoxy) is 8. The van der Waals surface area contributed by atoms with E-state index in [1.54, 1.807) is 28.4 Å². The van der Waals surface area contributed by atoms with Crippen molar-refractivity contribution >= 4 is 0 Å². The van der Waals surface area contributed by atoms with E-state index in [-0.39, 0.29) is 178 Å². The Hall–Kier alpha value is -2.06. The summed E-state index contributed by atoms with van der Waals surface area (Å²) >= 11 is 0. The van der Waals surface area contributed by atoms with E-state index in [2.05, 4.69) is 50.2 Å². The van der Waals surface area contributed by atoms with Crippen LogP contribution >= 0.6 is 0 Å². The normalized spacial score (nSPS) is 12.0. The van der Waals surface area contributed by atoms with Gasteiger partial charge in [-0.3, -0.25) is 0 Å². The molecule has 460 valence electrons. The fourth-order valence-corrected chi connectivity index (χ4v) is 8.15. The Morgan fingerprint density at radius 3 is 0.591 bits per heavy atom. The summed E-state index contributed by atoms with van der Waals surface area (Å²) in [4.78, 5) is 0. The van der Waals surface area contributed by atoms with Crippen molar-refractivity contribution in [3.05, 3.63) is 217 Å². The topological polar surface area (TPSA) is 73.8 Å². The molecule has 0 N–H and O–H groups in total. The molecule has 88 heavy (non-hydrogen) atoms. The molecule has 0 aromatic heterocycles. The number of hydrogen-bond donors (Lipinski definition) is 0. The van der Waals surface area contributed by atoms with Crippen LogP contribution in [0.25, 0.3) is 44.5 Å². The van der Waals surface area contributed by atoms with Crippen LogP contribution in [0.5, 0.6) is 23.0 Å². The van der Waals surface area contributed by atoms with Crippen molar-refractivity contribution in [1.82, 2.24) is 0 Å². The van der Waals surface area contributed by atoms with Gasteiger partial charge in [0.05, 0.1) is 51.4 Å². The monoisotopic (exact) mass is 1450 g/mol. The second-order valence-electron chi connectivity index (χ2n) is 18.3. The molecule has 0 saturated carbocycles. The Balaban J connectivity index is -0.000000234. The third-order valence-electron chi connectivity index (χ3n) is 12.4. The number of benzene rings is 8. The largest absolute Gasteiger partial charge is 3.00 e. The van der Waals surface area contributed by atoms with Crippen LogP contribution in [0, 0.1) is 26.0 Å². The van der Waals surface area contributed by atoms with Gasteiger partial charge in [-0.15, -0.1) is 70.8 Å². The van der Waals surface area contributed by atoms with E-state index in [1.165, 1.54) is 62.5 Å². The first-order valence-electron chi connectivity index (χ1n) is 27.4. The molecule has 12 rings (SSSR count). The fourth-order valence-electron chi connectivity index (χ4n) is 8.15. The van der Waals surface area contributed by atoms with Gasteiger partial charge in [-0.05, 0) is 112 Å². The number of methoxy groups -OCH3 is 4. The molecule has 8 aromatic rings. The molecule has 18 heteroatoms. The molecule has 0 unspecified atom stereocenters. The molecule has 0 atom stereocenters. The minimum atomic E-state index is 0. The summed E-state index contributed by atoms with van der Waals surface area (Å²) in [6.07, 6.45) is 10.2. The number of aryl methyl sites for hydroxylation is 2. The Labute approximate surface area is 639 Å². The Kier molecular flexibility index (Phi) is 68.8. The molecular formula is C70H82Cl6Li2O8Y2. The van der Waals surface area contributed by atoms with E-state index in [1.807, 2.05) is 170 Å². The first-order chi connectivity index (χ1) is 38.4. The van der Waals surface area contributed by atoms with Crippen molar-refractivity contribution in [2.24, 2.45) is 0 Å². The van der Waals surface area contributed by atoms with Gasteiger partial charge >= 0.3 is 103 Å². The molecule has 4 aliphatic rings. The van der Waals surface area contributed by atoms with Crippen LogP contribution in [-0.2, 0) is 84.4 Å². The minimum absolute atomic E-state index is 0. The van der Waals surface area contributed by atoms with Crippen LogP contribution in [-0.4, -0.2) is 81.3 Å². The molecule has 0 amide bonds. The molecule has 4 aliphatic heterocycles. The third-order valence-corrected chi connectivity index (χ3v) is 12.4. The molecule has 8 aromatic carbocycles. The van der Waals surface area contributed by atoms with E-state index in [9.17, 15) is 0 Å². The van der Waals surface area contributed by atoms with Crippen molar-refractivity contribution in [2.75, 3.05) is 81.3 Å². The summed E-state index contributed by atoms with van der Waals surface area (Å²) < 4.78 is 41.6. The van der Waals surface area contributed by atoms with Crippen molar-refractivity contribution < 1.29 is 215 Å². The third kappa shape index (κ3) is 38.8. The van der Waals surface area contributed by atoms with Crippen LogP contribution in [0.3, 0.4) is 0 Å². The minimum Gasteiger partial charge on any atom is -1.00 e. The zero-order chi connectivity index (χ0) is 55.1. The van der Waals surface area contributed by atoms with Crippen LogP contribution < -0.4 is 131 Å². The van der Waals surface area contributed by atoms with E-state index in [0.717, 1.165) is 120 Å². The molecule has 0 radical (unpaired) electrons. The van der Waals surface area contributed by atoms with Gasteiger partial charge in [0.2, 0.25) is 0 Å². The van der Waals surface area contributed by atoms with Gasteiger partial charge in [0.25, 0.3) is 0 Å². The summed E-state index contributed by atoms with van der Waals surface area (Å²) in [6.45, 7) is 12.2. The number of halogens is 6. The van der Waals surface area contributed by atoms with E-state index in [0.29, 0.717) is 0 Å². The standard InChI is InChI=1S/2C20H17O2.2C7H8.4C4H8O.6ClH.2Li.2Y/c2*1-21-19-12-5-3-10-17(19)15-8-7-9-16(14-15)18-11-4-6-13-20(18)22-2;2*1-7-5-3-2-4-6-7;4*1-2-4-5-3-1;;;;;;;;;;/h2*3-13H,1-2H3;2*2-6H,1H3;4*1-4H2;6*1H;;;;/q2*-1;;;;;;;;;;;;;2*+1;2*+3/p-6. The second kappa shape index (κ2) is 62.4. The smallest absolute Gasteiger partial charge is 1.00 e. The van der Waals surface area contributed by atoms with Crippen LogP contribution in [0.4, 0.5) is 0 Å².